The van der Waals surface area contributed by atoms with Crippen LogP contribution in [0.3, 0.4) is 0 Å². The number of fused-ring (bicyclic) bond motifs is 2. The minimum absolute atomic E-state index is 0.203. The molecule has 24 heavy (non-hydrogen) atoms. The molecule has 0 radical (unpaired) electrons. The van der Waals surface area contributed by atoms with Gasteiger partial charge in [-0.3, -0.25) is 0 Å². The smallest absolute Gasteiger partial charge is 0.163 e. The number of para-hydroxylation sites is 1. The topological polar surface area (TPSA) is 78.1 Å². The quantitative estimate of drug-likeness (QED) is 0.758. The highest BCUT2D eigenvalue weighted by molar-refractivity contribution is 7.99. The molecule has 0 saturated heterocycles. The maximum absolute atomic E-state index is 9.58. The van der Waals surface area contributed by atoms with Crippen LogP contribution in [0.4, 0.5) is 11.4 Å². The SMILES string of the molecule is CCOc1c(C#N)c(C#N)c(OCC)c2c1Nc1ccccc1S2. The molecule has 0 aliphatic carbocycles. The molecule has 5 nitrogen and oxygen atoms in total. The van der Waals surface area contributed by atoms with E-state index in [1.807, 2.05) is 38.1 Å². The van der Waals surface area contributed by atoms with Gasteiger partial charge in [0.15, 0.2) is 11.5 Å². The van der Waals surface area contributed by atoms with Crippen molar-refractivity contribution < 1.29 is 9.47 Å². The van der Waals surface area contributed by atoms with Crippen molar-refractivity contribution in [1.82, 2.24) is 0 Å². The van der Waals surface area contributed by atoms with E-state index in [2.05, 4.69) is 17.5 Å². The molecule has 1 heterocycles. The summed E-state index contributed by atoms with van der Waals surface area (Å²) in [4.78, 5) is 1.80. The molecule has 0 fully saturated rings. The summed E-state index contributed by atoms with van der Waals surface area (Å²) >= 11 is 1.51. The zero-order chi connectivity index (χ0) is 17.1. The summed E-state index contributed by atoms with van der Waals surface area (Å²) in [6.45, 7) is 4.50. The molecule has 0 saturated carbocycles. The maximum Gasteiger partial charge on any atom is 0.163 e. The van der Waals surface area contributed by atoms with E-state index < -0.39 is 0 Å². The Morgan fingerprint density at radius 1 is 1.00 bits per heavy atom. The fraction of sp³-hybridized carbons (Fsp3) is 0.222. The molecule has 0 bridgehead atoms. The molecule has 0 unspecified atom stereocenters. The highest BCUT2D eigenvalue weighted by atomic mass is 32.2. The zero-order valence-electron chi connectivity index (χ0n) is 13.3. The second kappa shape index (κ2) is 6.74. The number of hydrogen-bond acceptors (Lipinski definition) is 6. The van der Waals surface area contributed by atoms with Gasteiger partial charge in [0.25, 0.3) is 0 Å². The van der Waals surface area contributed by atoms with Gasteiger partial charge in [-0.15, -0.1) is 0 Å². The van der Waals surface area contributed by atoms with Gasteiger partial charge in [0.1, 0.15) is 29.0 Å². The van der Waals surface area contributed by atoms with Gasteiger partial charge in [0.05, 0.1) is 23.8 Å². The summed E-state index contributed by atoms with van der Waals surface area (Å²) in [7, 11) is 0. The van der Waals surface area contributed by atoms with Crippen LogP contribution in [0.15, 0.2) is 34.1 Å². The molecule has 1 N–H and O–H groups in total. The second-order valence-electron chi connectivity index (χ2n) is 4.93. The largest absolute Gasteiger partial charge is 0.491 e. The van der Waals surface area contributed by atoms with Gasteiger partial charge < -0.3 is 14.8 Å². The third kappa shape index (κ3) is 2.51. The Balaban J connectivity index is 2.31. The fourth-order valence-corrected chi connectivity index (χ4v) is 3.68. The van der Waals surface area contributed by atoms with E-state index >= 15 is 0 Å². The lowest BCUT2D eigenvalue weighted by Crippen LogP contribution is -2.10. The molecule has 3 rings (SSSR count). The van der Waals surface area contributed by atoms with Crippen LogP contribution in [0.2, 0.25) is 0 Å². The normalized spacial score (nSPS) is 11.3. The van der Waals surface area contributed by atoms with Crippen LogP contribution >= 0.6 is 11.8 Å². The lowest BCUT2D eigenvalue weighted by atomic mass is 10.0. The van der Waals surface area contributed by atoms with E-state index in [4.69, 9.17) is 9.47 Å². The Morgan fingerprint density at radius 3 is 2.29 bits per heavy atom. The number of benzene rings is 2. The predicted molar refractivity (Wildman–Crippen MR) is 92.1 cm³/mol. The average Bonchev–Trinajstić information content (AvgIpc) is 2.62. The number of nitrogens with one attached hydrogen (secondary N) is 1. The van der Waals surface area contributed by atoms with Gasteiger partial charge in [-0.1, -0.05) is 23.9 Å². The summed E-state index contributed by atoms with van der Waals surface area (Å²) < 4.78 is 11.4. The minimum atomic E-state index is 0.203. The van der Waals surface area contributed by atoms with Gasteiger partial charge in [0.2, 0.25) is 0 Å². The summed E-state index contributed by atoms with van der Waals surface area (Å²) in [5, 5.41) is 22.5. The summed E-state index contributed by atoms with van der Waals surface area (Å²) in [6, 6.07) is 12.1. The molecule has 120 valence electrons. The lowest BCUT2D eigenvalue weighted by Gasteiger charge is -2.26. The Kier molecular flexibility index (Phi) is 4.50. The molecule has 0 atom stereocenters. The Labute approximate surface area is 144 Å². The van der Waals surface area contributed by atoms with E-state index in [1.165, 1.54) is 11.8 Å². The molecule has 1 aliphatic rings. The van der Waals surface area contributed by atoms with E-state index in [9.17, 15) is 10.5 Å². The number of anilines is 2. The molecule has 0 amide bonds. The van der Waals surface area contributed by atoms with Gasteiger partial charge in [-0.2, -0.15) is 10.5 Å². The summed E-state index contributed by atoms with van der Waals surface area (Å²) in [5.74, 6) is 0.832. The highest BCUT2D eigenvalue weighted by Crippen LogP contribution is 2.54. The van der Waals surface area contributed by atoms with Crippen molar-refractivity contribution in [2.24, 2.45) is 0 Å². The molecule has 2 aromatic rings. The van der Waals surface area contributed by atoms with Crippen molar-refractivity contribution in [2.45, 2.75) is 23.6 Å². The van der Waals surface area contributed by atoms with Crippen molar-refractivity contribution in [3.05, 3.63) is 35.4 Å². The van der Waals surface area contributed by atoms with Crippen molar-refractivity contribution in [3.8, 4) is 23.6 Å². The van der Waals surface area contributed by atoms with Crippen molar-refractivity contribution in [3.63, 3.8) is 0 Å². The lowest BCUT2D eigenvalue weighted by molar-refractivity contribution is 0.323. The van der Waals surface area contributed by atoms with Crippen LogP contribution in [0.5, 0.6) is 11.5 Å². The molecule has 2 aromatic carbocycles. The zero-order valence-corrected chi connectivity index (χ0v) is 14.2. The number of nitriles is 2. The first-order valence-electron chi connectivity index (χ1n) is 7.58. The predicted octanol–water partition coefficient (Wildman–Crippen LogP) is 4.44. The summed E-state index contributed by atoms with van der Waals surface area (Å²) in [5.41, 5.74) is 2.04. The maximum atomic E-state index is 9.58. The number of rotatable bonds is 4. The molecule has 1 aliphatic heterocycles. The standard InChI is InChI=1S/C18H15N3O2S/c1-3-22-16-11(9-19)12(10-20)17(23-4-2)18-15(16)21-13-7-5-6-8-14(13)24-18/h5-8,21H,3-4H2,1-2H3. The van der Waals surface area contributed by atoms with Crippen molar-refractivity contribution in [1.29, 1.82) is 10.5 Å². The van der Waals surface area contributed by atoms with Crippen LogP contribution in [-0.4, -0.2) is 13.2 Å². The van der Waals surface area contributed by atoms with E-state index in [0.29, 0.717) is 30.4 Å². The first-order valence-corrected chi connectivity index (χ1v) is 8.40. The van der Waals surface area contributed by atoms with Gasteiger partial charge in [-0.25, -0.2) is 0 Å². The van der Waals surface area contributed by atoms with E-state index in [1.54, 1.807) is 0 Å². The molecular weight excluding hydrogens is 322 g/mol. The van der Waals surface area contributed by atoms with Crippen LogP contribution in [0, 0.1) is 22.7 Å². The Hall–Kier alpha value is -2.83. The first kappa shape index (κ1) is 16.0. The average molecular weight is 337 g/mol. The molecular formula is C18H15N3O2S. The Bertz CT molecular complexity index is 809. The van der Waals surface area contributed by atoms with Gasteiger partial charge >= 0.3 is 0 Å². The minimum Gasteiger partial charge on any atom is -0.491 e. The third-order valence-electron chi connectivity index (χ3n) is 3.52. The number of ether oxygens (including phenoxy) is 2. The van der Waals surface area contributed by atoms with Gasteiger partial charge in [-0.05, 0) is 26.0 Å². The van der Waals surface area contributed by atoms with Crippen molar-refractivity contribution >= 4 is 23.1 Å². The van der Waals surface area contributed by atoms with Gasteiger partial charge in [0, 0.05) is 4.90 Å². The Morgan fingerprint density at radius 2 is 1.62 bits per heavy atom. The van der Waals surface area contributed by atoms with E-state index in [-0.39, 0.29) is 11.1 Å². The molecule has 6 heteroatoms. The fourth-order valence-electron chi connectivity index (χ4n) is 2.58. The van der Waals surface area contributed by atoms with Crippen LogP contribution in [-0.2, 0) is 0 Å². The monoisotopic (exact) mass is 337 g/mol. The van der Waals surface area contributed by atoms with Crippen LogP contribution < -0.4 is 14.8 Å². The second-order valence-corrected chi connectivity index (χ2v) is 5.98. The number of nitrogens with zero attached hydrogens (tertiary/aromatic N) is 2. The van der Waals surface area contributed by atoms with Crippen LogP contribution in [0.25, 0.3) is 0 Å². The number of hydrogen-bond donors (Lipinski definition) is 1. The third-order valence-corrected chi connectivity index (χ3v) is 4.69. The van der Waals surface area contributed by atoms with Crippen LogP contribution in [0.1, 0.15) is 25.0 Å². The highest BCUT2D eigenvalue weighted by Gasteiger charge is 2.30. The first-order chi connectivity index (χ1) is 11.7. The molecule has 0 spiro atoms. The summed E-state index contributed by atoms with van der Waals surface area (Å²) in [6.07, 6.45) is 0. The van der Waals surface area contributed by atoms with E-state index in [0.717, 1.165) is 15.5 Å². The molecule has 0 aromatic heterocycles. The van der Waals surface area contributed by atoms with Crippen molar-refractivity contribution in [2.75, 3.05) is 18.5 Å².